The number of aromatic nitrogens is 6. The third kappa shape index (κ3) is 12.3. The summed E-state index contributed by atoms with van der Waals surface area (Å²) in [5.41, 5.74) is 33.9. The van der Waals surface area contributed by atoms with Gasteiger partial charge >= 0.3 is 0 Å². The van der Waals surface area contributed by atoms with E-state index < -0.39 is 0 Å². The van der Waals surface area contributed by atoms with E-state index in [-0.39, 0.29) is 0 Å². The maximum atomic E-state index is 2.39. The van der Waals surface area contributed by atoms with E-state index in [2.05, 4.69) is 481 Å². The van der Waals surface area contributed by atoms with Crippen LogP contribution in [-0.4, -0.2) is 27.4 Å². The minimum Gasteiger partial charge on any atom is -0.344 e. The van der Waals surface area contributed by atoms with Gasteiger partial charge in [0.1, 0.15) is 0 Å². The van der Waals surface area contributed by atoms with Gasteiger partial charge in [-0.15, -0.1) is 0 Å². The lowest BCUT2D eigenvalue weighted by Crippen LogP contribution is -2.10. The summed E-state index contributed by atoms with van der Waals surface area (Å²) in [5.74, 6) is 0. The molecule has 0 fully saturated rings. The highest BCUT2D eigenvalue weighted by atomic mass is 15.2. The van der Waals surface area contributed by atoms with Crippen LogP contribution in [0, 0.1) is 20.8 Å². The van der Waals surface area contributed by atoms with E-state index in [0.29, 0.717) is 0 Å². The molecule has 0 radical (unpaired) electrons. The fourth-order valence-electron chi connectivity index (χ4n) is 18.8. The fourth-order valence-corrected chi connectivity index (χ4v) is 18.8. The van der Waals surface area contributed by atoms with E-state index in [4.69, 9.17) is 0 Å². The third-order valence-electron chi connectivity index (χ3n) is 25.2. The van der Waals surface area contributed by atoms with Crippen LogP contribution in [0.2, 0.25) is 0 Å². The number of nitrogens with zero attached hydrogens (tertiary/aromatic N) is 9. The summed E-state index contributed by atoms with van der Waals surface area (Å²) < 4.78 is 13.9. The smallest absolute Gasteiger partial charge is 0.0509 e. The van der Waals surface area contributed by atoms with Crippen molar-refractivity contribution in [3.63, 3.8) is 0 Å². The molecule has 0 bridgehead atoms. The molecule has 120 heavy (non-hydrogen) atoms. The van der Waals surface area contributed by atoms with Crippen molar-refractivity contribution in [2.75, 3.05) is 14.7 Å². The van der Waals surface area contributed by atoms with E-state index in [1.165, 1.54) is 170 Å². The maximum absolute atomic E-state index is 2.39. The van der Waals surface area contributed by atoms with Gasteiger partial charge in [-0.05, 0) is 201 Å². The third-order valence-corrected chi connectivity index (χ3v) is 25.2. The molecule has 6 aromatic heterocycles. The summed E-state index contributed by atoms with van der Waals surface area (Å²) in [5, 5.41) is 15.4. The number of benzene rings is 17. The van der Waals surface area contributed by atoms with Crippen LogP contribution in [-0.2, 0) is 42.3 Å². The molecule has 0 N–H and O–H groups in total. The zero-order valence-electron chi connectivity index (χ0n) is 68.8. The minimum absolute atomic E-state index is 1.13. The van der Waals surface area contributed by atoms with Crippen molar-refractivity contribution in [1.29, 1.82) is 0 Å². The largest absolute Gasteiger partial charge is 0.344 e. The number of hydrogen-bond donors (Lipinski definition) is 0. The minimum atomic E-state index is 1.13. The van der Waals surface area contributed by atoms with Crippen molar-refractivity contribution < 1.29 is 0 Å². The monoisotopic (exact) mass is 1550 g/mol. The van der Waals surface area contributed by atoms with E-state index >= 15 is 0 Å². The summed E-state index contributed by atoms with van der Waals surface area (Å²) in [6, 6.07) is 137. The van der Waals surface area contributed by atoms with Gasteiger partial charge in [-0.1, -0.05) is 235 Å². The highest BCUT2D eigenvalue weighted by molar-refractivity contribution is 6.20. The highest BCUT2D eigenvalue weighted by Crippen LogP contribution is 2.46. The molecule has 578 valence electrons. The van der Waals surface area contributed by atoms with Gasteiger partial charge in [0, 0.05) is 202 Å². The average Bonchev–Trinajstić information content (AvgIpc) is 1.57. The highest BCUT2D eigenvalue weighted by Gasteiger charge is 2.24. The van der Waals surface area contributed by atoms with Gasteiger partial charge in [-0.3, -0.25) is 0 Å². The topological polar surface area (TPSA) is 39.3 Å². The van der Waals surface area contributed by atoms with Crippen molar-refractivity contribution in [2.45, 2.75) is 20.8 Å². The Morgan fingerprint density at radius 3 is 0.583 bits per heavy atom. The quantitative estimate of drug-likeness (QED) is 0.130. The Bertz CT molecular complexity index is 7910. The van der Waals surface area contributed by atoms with Crippen LogP contribution in [0.1, 0.15) is 16.7 Å². The lowest BCUT2D eigenvalue weighted by molar-refractivity contribution is 1.01. The summed E-state index contributed by atoms with van der Waals surface area (Å²) in [6.07, 6.45) is 0. The molecule has 0 aliphatic carbocycles. The molecule has 9 heteroatoms. The first-order valence-corrected chi connectivity index (χ1v) is 41.4. The van der Waals surface area contributed by atoms with Crippen LogP contribution in [0.15, 0.2) is 376 Å². The Hall–Kier alpha value is -15.1. The second kappa shape index (κ2) is 29.3. The van der Waals surface area contributed by atoms with Gasteiger partial charge in [0.2, 0.25) is 0 Å². The van der Waals surface area contributed by atoms with Crippen LogP contribution in [0.5, 0.6) is 0 Å². The van der Waals surface area contributed by atoms with Crippen LogP contribution in [0.4, 0.5) is 51.2 Å². The first kappa shape index (κ1) is 72.6. The molecule has 0 saturated carbocycles. The van der Waals surface area contributed by atoms with Crippen molar-refractivity contribution >= 4 is 182 Å². The normalized spacial score (nSPS) is 11.7. The summed E-state index contributed by atoms with van der Waals surface area (Å²) in [4.78, 5) is 7.08. The van der Waals surface area contributed by atoms with Crippen molar-refractivity contribution in [3.05, 3.63) is 393 Å². The predicted octanol–water partition coefficient (Wildman–Crippen LogP) is 29.6. The molecule has 17 aromatic carbocycles. The fraction of sp³-hybridized carbons (Fsp3) is 0.0811. The molecule has 23 rings (SSSR count). The molecule has 0 atom stereocenters. The van der Waals surface area contributed by atoms with Gasteiger partial charge in [0.25, 0.3) is 0 Å². The van der Waals surface area contributed by atoms with Crippen molar-refractivity contribution in [2.24, 2.45) is 42.3 Å². The molecule has 0 aliphatic heterocycles. The van der Waals surface area contributed by atoms with Crippen LogP contribution in [0.25, 0.3) is 153 Å². The molecular weight excluding hydrogens is 1460 g/mol. The summed E-state index contributed by atoms with van der Waals surface area (Å²) in [6.45, 7) is 6.41. The number of fused-ring (bicyclic) bond motifs is 18. The molecule has 0 unspecified atom stereocenters. The Balaban J connectivity index is 0.000000112. The Kier molecular flexibility index (Phi) is 17.7. The molecule has 23 aromatic rings. The van der Waals surface area contributed by atoms with Gasteiger partial charge in [0.15, 0.2) is 0 Å². The van der Waals surface area contributed by atoms with E-state index in [0.717, 1.165) is 51.2 Å². The van der Waals surface area contributed by atoms with Crippen LogP contribution in [0.3, 0.4) is 0 Å². The maximum Gasteiger partial charge on any atom is 0.0509 e. The van der Waals surface area contributed by atoms with E-state index in [1.54, 1.807) is 0 Å². The molecular formula is C111H89N9. The average molecular weight is 1550 g/mol. The molecule has 0 saturated heterocycles. The first-order chi connectivity index (χ1) is 58.7. The van der Waals surface area contributed by atoms with Crippen LogP contribution >= 0.6 is 0 Å². The number of anilines is 9. The van der Waals surface area contributed by atoms with Gasteiger partial charge < -0.3 is 42.1 Å². The standard InChI is InChI=1S/C40H32N4.C39H31N3.C32H26N2/c1-25-13-15-26(16-14-25)44(27-17-19-31-29-9-5-7-11-35(29)41(2)37(31)21-27)28-18-20-32-34-24-39-33(23-40(34)43(4)38(32)22-28)30-10-6-8-12-36(30)42(39)3;1-26-13-17-29(18-14-26)42(30-19-15-28(16-20-30)27-9-5-4-6-10-27)31-21-22-33-35-25-38-34(24-39(35)41(3)37(33)23-31)32-11-7-8-12-36(32)40(38)2;1-23-12-16-26(17-13-23)34(27-18-14-25(15-19-27)24-8-4-3-5-9-24)28-20-21-30-29-10-6-7-11-31(29)33(2)32(30)22-28/h5-24H,1-4H3;4-25H,1-3H3;3-22H,1-2H3. The Labute approximate surface area is 697 Å². The second-order valence-corrected chi connectivity index (χ2v) is 32.3. The van der Waals surface area contributed by atoms with Crippen molar-refractivity contribution in [3.8, 4) is 22.3 Å². The molecule has 0 spiro atoms. The first-order valence-electron chi connectivity index (χ1n) is 41.4. The number of rotatable bonds is 11. The van der Waals surface area contributed by atoms with E-state index in [1.807, 2.05) is 0 Å². The molecule has 9 nitrogen and oxygen atoms in total. The number of para-hydroxylation sites is 4. The van der Waals surface area contributed by atoms with Crippen LogP contribution < -0.4 is 14.7 Å². The lowest BCUT2D eigenvalue weighted by Gasteiger charge is -2.26. The summed E-state index contributed by atoms with van der Waals surface area (Å²) in [7, 11) is 13.0. The number of hydrogen-bond acceptors (Lipinski definition) is 3. The van der Waals surface area contributed by atoms with E-state index in [9.17, 15) is 0 Å². The molecule has 0 aliphatic rings. The zero-order valence-corrected chi connectivity index (χ0v) is 68.8. The lowest BCUT2D eigenvalue weighted by atomic mass is 10.0. The number of aryl methyl sites for hydroxylation is 9. The van der Waals surface area contributed by atoms with Gasteiger partial charge in [-0.2, -0.15) is 0 Å². The van der Waals surface area contributed by atoms with Gasteiger partial charge in [-0.25, -0.2) is 0 Å². The molecule has 6 heterocycles. The van der Waals surface area contributed by atoms with Crippen molar-refractivity contribution in [1.82, 2.24) is 27.4 Å². The van der Waals surface area contributed by atoms with Gasteiger partial charge in [0.05, 0.1) is 22.1 Å². The second-order valence-electron chi connectivity index (χ2n) is 32.3. The predicted molar refractivity (Wildman–Crippen MR) is 512 cm³/mol. The SMILES string of the molecule is Cc1ccc(N(c2ccc(-c3ccccc3)cc2)c2ccc3c4cc5c(cc4n(C)c3c2)c2ccccc2n5C)cc1.Cc1ccc(N(c2ccc(-c3ccccc3)cc2)c2ccc3c4ccccc4n(C)c3c2)cc1.Cc1ccc(N(c2ccc3c4ccccc4n(C)c3c2)c2ccc3c4cc5c(cc4n(C)c3c2)c2ccccc2n5C)cc1. The Morgan fingerprint density at radius 1 is 0.142 bits per heavy atom. The molecule has 0 amide bonds. The summed E-state index contributed by atoms with van der Waals surface area (Å²) >= 11 is 0. The Morgan fingerprint density at radius 2 is 0.317 bits per heavy atom. The zero-order chi connectivity index (χ0) is 81.1.